The standard InChI is InChI=1S/C25H22Cl2N6O2/c1-12(2)32-21-19(30-22(32)17-11-29-25(28)31-23(17)34)24(35)33(18-10-16(27)7-4-13(18)3)20(21)14-5-8-15(26)9-6-14/h4-12,20H,1-3H3,(H3,28,29,31,34). The Balaban J connectivity index is 1.81. The number of halogens is 2. The average molecular weight is 509 g/mol. The number of nitrogen functional groups attached to an aromatic ring is 1. The highest BCUT2D eigenvalue weighted by molar-refractivity contribution is 6.31. The number of imidazole rings is 1. The van der Waals surface area contributed by atoms with Gasteiger partial charge >= 0.3 is 0 Å². The summed E-state index contributed by atoms with van der Waals surface area (Å²) in [5.74, 6) is 0.0750. The van der Waals surface area contributed by atoms with Gasteiger partial charge in [0.05, 0.1) is 5.69 Å². The normalized spacial score (nSPS) is 15.2. The summed E-state index contributed by atoms with van der Waals surface area (Å²) in [5.41, 5.74) is 8.81. The lowest BCUT2D eigenvalue weighted by molar-refractivity contribution is 0.0989. The van der Waals surface area contributed by atoms with Gasteiger partial charge in [-0.2, -0.15) is 0 Å². The number of carbonyl (C=O) groups is 1. The van der Waals surface area contributed by atoms with Crippen molar-refractivity contribution in [2.75, 3.05) is 10.6 Å². The van der Waals surface area contributed by atoms with Gasteiger partial charge in [0.2, 0.25) is 0 Å². The van der Waals surface area contributed by atoms with Crippen LogP contribution in [0.25, 0.3) is 11.4 Å². The first-order chi connectivity index (χ1) is 16.7. The van der Waals surface area contributed by atoms with Crippen LogP contribution in [-0.4, -0.2) is 25.4 Å². The second-order valence-electron chi connectivity index (χ2n) is 8.70. The first-order valence-electron chi connectivity index (χ1n) is 11.0. The first-order valence-corrected chi connectivity index (χ1v) is 11.8. The Hall–Kier alpha value is -3.62. The number of aryl methyl sites for hydroxylation is 1. The van der Waals surface area contributed by atoms with E-state index in [1.165, 1.54) is 6.20 Å². The van der Waals surface area contributed by atoms with Gasteiger partial charge in [-0.25, -0.2) is 9.97 Å². The van der Waals surface area contributed by atoms with E-state index in [2.05, 4.69) is 15.0 Å². The van der Waals surface area contributed by atoms with E-state index >= 15 is 0 Å². The van der Waals surface area contributed by atoms with Crippen LogP contribution >= 0.6 is 23.2 Å². The lowest BCUT2D eigenvalue weighted by Gasteiger charge is -2.29. The third-order valence-corrected chi connectivity index (χ3v) is 6.57. The molecule has 3 N–H and O–H groups in total. The van der Waals surface area contributed by atoms with E-state index in [0.29, 0.717) is 27.3 Å². The first kappa shape index (κ1) is 23.1. The summed E-state index contributed by atoms with van der Waals surface area (Å²) in [6, 6.07) is 12.1. The molecule has 1 atom stereocenters. The monoisotopic (exact) mass is 508 g/mol. The molecule has 0 aliphatic carbocycles. The van der Waals surface area contributed by atoms with Crippen molar-refractivity contribution in [1.82, 2.24) is 19.5 Å². The molecule has 0 radical (unpaired) electrons. The number of amides is 1. The van der Waals surface area contributed by atoms with Crippen LogP contribution < -0.4 is 16.2 Å². The number of aromatic nitrogens is 4. The highest BCUT2D eigenvalue weighted by Crippen LogP contribution is 2.45. The predicted molar refractivity (Wildman–Crippen MR) is 137 cm³/mol. The van der Waals surface area contributed by atoms with Gasteiger partial charge in [-0.1, -0.05) is 41.4 Å². The van der Waals surface area contributed by atoms with E-state index in [1.54, 1.807) is 29.2 Å². The van der Waals surface area contributed by atoms with Gasteiger partial charge in [-0.05, 0) is 56.2 Å². The van der Waals surface area contributed by atoms with Crippen LogP contribution in [0, 0.1) is 6.92 Å². The molecule has 0 spiro atoms. The van der Waals surface area contributed by atoms with E-state index in [0.717, 1.165) is 11.1 Å². The van der Waals surface area contributed by atoms with Crippen molar-refractivity contribution in [1.29, 1.82) is 0 Å². The van der Waals surface area contributed by atoms with E-state index < -0.39 is 11.6 Å². The molecule has 35 heavy (non-hydrogen) atoms. The second kappa shape index (κ2) is 8.55. The van der Waals surface area contributed by atoms with Crippen molar-refractivity contribution in [2.24, 2.45) is 0 Å². The molecule has 1 aliphatic rings. The molecular formula is C25H22Cl2N6O2. The Morgan fingerprint density at radius 3 is 2.40 bits per heavy atom. The number of anilines is 2. The molecule has 0 fully saturated rings. The summed E-state index contributed by atoms with van der Waals surface area (Å²) >= 11 is 12.5. The van der Waals surface area contributed by atoms with Crippen LogP contribution in [0.15, 0.2) is 53.5 Å². The molecule has 1 aliphatic heterocycles. The summed E-state index contributed by atoms with van der Waals surface area (Å²) < 4.78 is 1.91. The van der Waals surface area contributed by atoms with Crippen LogP contribution in [0.1, 0.15) is 53.2 Å². The molecule has 10 heteroatoms. The zero-order valence-electron chi connectivity index (χ0n) is 19.2. The lowest BCUT2D eigenvalue weighted by atomic mass is 10.0. The molecule has 8 nitrogen and oxygen atoms in total. The van der Waals surface area contributed by atoms with Crippen LogP contribution in [0.5, 0.6) is 0 Å². The van der Waals surface area contributed by atoms with E-state index in [9.17, 15) is 9.59 Å². The van der Waals surface area contributed by atoms with Gasteiger partial charge in [-0.15, -0.1) is 0 Å². The largest absolute Gasteiger partial charge is 0.369 e. The number of benzene rings is 2. The van der Waals surface area contributed by atoms with Crippen molar-refractivity contribution in [3.8, 4) is 11.4 Å². The Kier molecular flexibility index (Phi) is 5.65. The number of carbonyl (C=O) groups excluding carboxylic acids is 1. The fourth-order valence-corrected chi connectivity index (χ4v) is 4.83. The van der Waals surface area contributed by atoms with Crippen molar-refractivity contribution in [3.63, 3.8) is 0 Å². The number of hydrogen-bond acceptors (Lipinski definition) is 5. The van der Waals surface area contributed by atoms with Gasteiger partial charge in [0.15, 0.2) is 11.6 Å². The number of nitrogens with zero attached hydrogens (tertiary/aromatic N) is 4. The Bertz CT molecular complexity index is 1520. The summed E-state index contributed by atoms with van der Waals surface area (Å²) in [6.45, 7) is 5.87. The molecule has 0 saturated heterocycles. The third kappa shape index (κ3) is 3.79. The molecule has 0 bridgehead atoms. The molecule has 0 saturated carbocycles. The minimum Gasteiger partial charge on any atom is -0.369 e. The van der Waals surface area contributed by atoms with Crippen LogP contribution in [0.2, 0.25) is 10.0 Å². The highest BCUT2D eigenvalue weighted by Gasteiger charge is 2.45. The Morgan fingerprint density at radius 2 is 1.74 bits per heavy atom. The van der Waals surface area contributed by atoms with Crippen LogP contribution in [0.4, 0.5) is 11.6 Å². The maximum atomic E-state index is 13.9. The summed E-state index contributed by atoms with van der Waals surface area (Å²) in [6.07, 6.45) is 1.38. The number of nitrogens with one attached hydrogen (secondary N) is 1. The average Bonchev–Trinajstić information content (AvgIpc) is 3.31. The number of hydrogen-bond donors (Lipinski definition) is 2. The summed E-state index contributed by atoms with van der Waals surface area (Å²) in [4.78, 5) is 39.6. The van der Waals surface area contributed by atoms with E-state index in [4.69, 9.17) is 28.9 Å². The fraction of sp³-hybridized carbons (Fsp3) is 0.200. The quantitative estimate of drug-likeness (QED) is 0.395. The minimum atomic E-state index is -0.517. The molecule has 5 rings (SSSR count). The predicted octanol–water partition coefficient (Wildman–Crippen LogP) is 5.16. The van der Waals surface area contributed by atoms with Crippen molar-refractivity contribution >= 4 is 40.7 Å². The molecule has 3 heterocycles. The second-order valence-corrected chi connectivity index (χ2v) is 9.58. The fourth-order valence-electron chi connectivity index (χ4n) is 4.54. The van der Waals surface area contributed by atoms with Crippen molar-refractivity contribution < 1.29 is 4.79 Å². The van der Waals surface area contributed by atoms with Gasteiger partial charge in [0.25, 0.3) is 11.5 Å². The maximum Gasteiger partial charge on any atom is 0.279 e. The van der Waals surface area contributed by atoms with Gasteiger partial charge in [-0.3, -0.25) is 19.5 Å². The van der Waals surface area contributed by atoms with Crippen LogP contribution in [0.3, 0.4) is 0 Å². The molecule has 1 amide bonds. The molecule has 178 valence electrons. The Labute approximate surface area is 211 Å². The number of aromatic amines is 1. The molecule has 2 aromatic carbocycles. The smallest absolute Gasteiger partial charge is 0.279 e. The number of nitrogens with two attached hydrogens (primary N) is 1. The SMILES string of the molecule is Cc1ccc(Cl)cc1N1C(=O)c2nc(-c3cnc(N)[nH]c3=O)n(C(C)C)c2C1c1ccc(Cl)cc1. The zero-order valence-corrected chi connectivity index (χ0v) is 20.7. The molecule has 2 aromatic heterocycles. The van der Waals surface area contributed by atoms with Crippen molar-refractivity contribution in [3.05, 3.63) is 91.6 Å². The molecule has 4 aromatic rings. The van der Waals surface area contributed by atoms with Crippen molar-refractivity contribution in [2.45, 2.75) is 32.9 Å². The summed E-state index contributed by atoms with van der Waals surface area (Å²) in [5, 5.41) is 1.10. The molecule has 1 unspecified atom stereocenters. The van der Waals surface area contributed by atoms with Crippen LogP contribution in [-0.2, 0) is 0 Å². The van der Waals surface area contributed by atoms with Gasteiger partial charge in [0.1, 0.15) is 17.4 Å². The Morgan fingerprint density at radius 1 is 1.06 bits per heavy atom. The van der Waals surface area contributed by atoms with E-state index in [1.807, 2.05) is 43.5 Å². The van der Waals surface area contributed by atoms with E-state index in [-0.39, 0.29) is 29.2 Å². The maximum absolute atomic E-state index is 13.9. The zero-order chi connectivity index (χ0) is 25.0. The van der Waals surface area contributed by atoms with Gasteiger partial charge < -0.3 is 10.3 Å². The number of rotatable bonds is 4. The topological polar surface area (TPSA) is 110 Å². The number of fused-ring (bicyclic) bond motifs is 1. The minimum absolute atomic E-state index is 0.00617. The summed E-state index contributed by atoms with van der Waals surface area (Å²) in [7, 11) is 0. The number of H-pyrrole nitrogens is 1. The third-order valence-electron chi connectivity index (χ3n) is 6.08. The molecular weight excluding hydrogens is 487 g/mol. The van der Waals surface area contributed by atoms with Gasteiger partial charge in [0, 0.05) is 28.0 Å². The lowest BCUT2D eigenvalue weighted by Crippen LogP contribution is -2.31. The highest BCUT2D eigenvalue weighted by atomic mass is 35.5.